The van der Waals surface area contributed by atoms with E-state index in [4.69, 9.17) is 5.11 Å². The number of carboxylic acid groups (broad SMARTS) is 1. The number of rotatable bonds is 22. The number of hydrogen-bond donors (Lipinski definition) is 1. The van der Waals surface area contributed by atoms with Gasteiger partial charge < -0.3 is 5.11 Å². The Hall–Kier alpha value is 0.269. The van der Waals surface area contributed by atoms with Crippen LogP contribution in [0, 0.1) is 0 Å². The van der Waals surface area contributed by atoms with Crippen LogP contribution in [0.15, 0.2) is 0 Å². The molecule has 0 aromatic rings. The SMILES string of the molecule is CCCCCCCCCC(=O)O.CCCCCCC[CH2][Sn][CH2]CCCCCCC. The van der Waals surface area contributed by atoms with Crippen LogP contribution in [0.1, 0.15) is 149 Å². The van der Waals surface area contributed by atoms with Crippen LogP contribution in [0.3, 0.4) is 0 Å². The van der Waals surface area contributed by atoms with E-state index in [-0.39, 0.29) is 21.1 Å². The van der Waals surface area contributed by atoms with Gasteiger partial charge in [-0.05, 0) is 6.42 Å². The Kier molecular flexibility index (Phi) is 33.0. The zero-order valence-corrected chi connectivity index (χ0v) is 23.3. The molecule has 0 unspecified atom stereocenters. The third kappa shape index (κ3) is 36.0. The molecule has 0 rings (SSSR count). The summed E-state index contributed by atoms with van der Waals surface area (Å²) in [5.41, 5.74) is 0. The monoisotopic (exact) mass is 518 g/mol. The Labute approximate surface area is 194 Å². The molecule has 0 bridgehead atoms. The van der Waals surface area contributed by atoms with Crippen molar-refractivity contribution in [3.8, 4) is 0 Å². The van der Waals surface area contributed by atoms with Gasteiger partial charge in [0, 0.05) is 6.42 Å². The second kappa shape index (κ2) is 30.5. The van der Waals surface area contributed by atoms with Crippen molar-refractivity contribution in [2.24, 2.45) is 0 Å². The second-order valence-electron chi connectivity index (χ2n) is 8.55. The molecule has 29 heavy (non-hydrogen) atoms. The molecule has 0 aliphatic heterocycles. The fourth-order valence-corrected chi connectivity index (χ4v) is 6.99. The molecule has 0 aromatic heterocycles. The van der Waals surface area contributed by atoms with Gasteiger partial charge >= 0.3 is 127 Å². The summed E-state index contributed by atoms with van der Waals surface area (Å²) in [6, 6.07) is 0. The summed E-state index contributed by atoms with van der Waals surface area (Å²) in [5.74, 6) is -0.663. The quantitative estimate of drug-likeness (QED) is 0.115. The van der Waals surface area contributed by atoms with Crippen LogP contribution in [-0.4, -0.2) is 32.2 Å². The summed E-state index contributed by atoms with van der Waals surface area (Å²) in [6.07, 6.45) is 26.5. The third-order valence-corrected chi connectivity index (χ3v) is 9.44. The van der Waals surface area contributed by atoms with Crippen molar-refractivity contribution < 1.29 is 9.90 Å². The van der Waals surface area contributed by atoms with Gasteiger partial charge in [0.2, 0.25) is 0 Å². The standard InChI is InChI=1S/C10H20O2.2C8H17.Sn/c1-2-3-4-5-6-7-8-9-10(11)12;2*1-3-5-7-8-6-4-2;/h2-9H2,1H3,(H,11,12);2*1,3-8H2,2H3;. The first-order valence-electron chi connectivity index (χ1n) is 13.1. The molecule has 0 saturated carbocycles. The predicted octanol–water partition coefficient (Wildman–Crippen LogP) is 9.46. The molecule has 0 aromatic carbocycles. The summed E-state index contributed by atoms with van der Waals surface area (Å²) in [5, 5.41) is 8.35. The van der Waals surface area contributed by atoms with Crippen LogP contribution in [-0.2, 0) is 4.79 Å². The molecule has 0 spiro atoms. The van der Waals surface area contributed by atoms with Gasteiger partial charge in [-0.25, -0.2) is 0 Å². The van der Waals surface area contributed by atoms with Gasteiger partial charge in [0.15, 0.2) is 0 Å². The summed E-state index contributed by atoms with van der Waals surface area (Å²) in [6.45, 7) is 6.80. The van der Waals surface area contributed by atoms with E-state index in [2.05, 4.69) is 20.8 Å². The minimum atomic E-state index is -0.663. The van der Waals surface area contributed by atoms with Crippen molar-refractivity contribution in [1.29, 1.82) is 0 Å². The van der Waals surface area contributed by atoms with Crippen LogP contribution < -0.4 is 0 Å². The number of carboxylic acids is 1. The summed E-state index contributed by atoms with van der Waals surface area (Å²) < 4.78 is 3.31. The summed E-state index contributed by atoms with van der Waals surface area (Å²) >= 11 is 0.0736. The molecule has 1 N–H and O–H groups in total. The van der Waals surface area contributed by atoms with Crippen molar-refractivity contribution in [3.05, 3.63) is 0 Å². The minimum absolute atomic E-state index is 0.0736. The Morgan fingerprint density at radius 1 is 0.517 bits per heavy atom. The van der Waals surface area contributed by atoms with Gasteiger partial charge in [-0.2, -0.15) is 0 Å². The molecule has 0 heterocycles. The molecule has 2 radical (unpaired) electrons. The first-order chi connectivity index (χ1) is 14.2. The van der Waals surface area contributed by atoms with Crippen LogP contribution >= 0.6 is 0 Å². The average molecular weight is 517 g/mol. The molecule has 0 amide bonds. The molecule has 0 saturated heterocycles. The summed E-state index contributed by atoms with van der Waals surface area (Å²) in [7, 11) is 0. The molecular formula is C26H54O2Sn. The van der Waals surface area contributed by atoms with E-state index < -0.39 is 5.97 Å². The molecule has 0 atom stereocenters. The van der Waals surface area contributed by atoms with E-state index in [1.807, 2.05) is 0 Å². The van der Waals surface area contributed by atoms with Gasteiger partial charge in [-0.3, -0.25) is 4.79 Å². The van der Waals surface area contributed by atoms with Crippen molar-refractivity contribution in [3.63, 3.8) is 0 Å². The van der Waals surface area contributed by atoms with Crippen LogP contribution in [0.4, 0.5) is 0 Å². The van der Waals surface area contributed by atoms with Crippen LogP contribution in [0.2, 0.25) is 8.87 Å². The van der Waals surface area contributed by atoms with Crippen molar-refractivity contribution in [2.45, 2.75) is 158 Å². The van der Waals surface area contributed by atoms with Crippen molar-refractivity contribution in [1.82, 2.24) is 0 Å². The van der Waals surface area contributed by atoms with E-state index in [0.29, 0.717) is 6.42 Å². The molecule has 2 nitrogen and oxygen atoms in total. The number of unbranched alkanes of at least 4 members (excludes halogenated alkanes) is 16. The molecule has 3 heteroatoms. The summed E-state index contributed by atoms with van der Waals surface area (Å²) in [4.78, 5) is 10.1. The number of aliphatic carboxylic acids is 1. The number of carbonyl (C=O) groups is 1. The third-order valence-electron chi connectivity index (χ3n) is 5.41. The van der Waals surface area contributed by atoms with Gasteiger partial charge in [-0.1, -0.05) is 45.4 Å². The molecular weight excluding hydrogens is 463 g/mol. The van der Waals surface area contributed by atoms with Gasteiger partial charge in [0.05, 0.1) is 0 Å². The Morgan fingerprint density at radius 3 is 1.17 bits per heavy atom. The average Bonchev–Trinajstić information content (AvgIpc) is 2.71. The van der Waals surface area contributed by atoms with Crippen molar-refractivity contribution >= 4 is 27.1 Å². The Bertz CT molecular complexity index is 280. The predicted molar refractivity (Wildman–Crippen MR) is 132 cm³/mol. The van der Waals surface area contributed by atoms with Gasteiger partial charge in [-0.15, -0.1) is 0 Å². The first-order valence-corrected chi connectivity index (χ1v) is 17.1. The fraction of sp³-hybridized carbons (Fsp3) is 0.962. The molecule has 0 aliphatic rings. The van der Waals surface area contributed by atoms with Crippen LogP contribution in [0.25, 0.3) is 0 Å². The molecule has 0 aliphatic carbocycles. The van der Waals surface area contributed by atoms with E-state index in [9.17, 15) is 4.79 Å². The van der Waals surface area contributed by atoms with E-state index in [1.165, 1.54) is 96.3 Å². The number of hydrogen-bond acceptors (Lipinski definition) is 1. The van der Waals surface area contributed by atoms with E-state index >= 15 is 0 Å². The molecule has 0 fully saturated rings. The van der Waals surface area contributed by atoms with E-state index in [1.54, 1.807) is 21.7 Å². The first kappa shape index (κ1) is 31.5. The fourth-order valence-electron chi connectivity index (χ4n) is 3.42. The Morgan fingerprint density at radius 2 is 0.828 bits per heavy atom. The van der Waals surface area contributed by atoms with Crippen LogP contribution in [0.5, 0.6) is 0 Å². The molecule has 174 valence electrons. The maximum atomic E-state index is 10.1. The zero-order valence-electron chi connectivity index (χ0n) is 20.4. The maximum absolute atomic E-state index is 10.1. The zero-order chi connectivity index (χ0) is 21.8. The normalized spacial score (nSPS) is 10.6. The van der Waals surface area contributed by atoms with Gasteiger partial charge in [0.25, 0.3) is 0 Å². The van der Waals surface area contributed by atoms with Crippen molar-refractivity contribution in [2.75, 3.05) is 0 Å². The van der Waals surface area contributed by atoms with Gasteiger partial charge in [0.1, 0.15) is 0 Å². The topological polar surface area (TPSA) is 37.3 Å². The van der Waals surface area contributed by atoms with E-state index in [0.717, 1.165) is 12.8 Å². The second-order valence-corrected chi connectivity index (χ2v) is 12.8. The Balaban J connectivity index is 0.